The molecule has 0 bridgehead atoms. The molecule has 0 spiro atoms. The van der Waals surface area contributed by atoms with Crippen molar-refractivity contribution in [2.75, 3.05) is 32.0 Å². The predicted octanol–water partition coefficient (Wildman–Crippen LogP) is 2.97. The molecule has 4 heteroatoms. The topological polar surface area (TPSA) is 55.6 Å². The molecular weight excluding hydrogens is 252 g/mol. The third-order valence-corrected chi connectivity index (χ3v) is 3.34. The molecule has 1 aromatic carbocycles. The first-order valence-corrected chi connectivity index (χ1v) is 7.40. The van der Waals surface area contributed by atoms with E-state index >= 15 is 0 Å². The lowest BCUT2D eigenvalue weighted by Crippen LogP contribution is -2.25. The van der Waals surface area contributed by atoms with Crippen LogP contribution >= 0.6 is 0 Å². The van der Waals surface area contributed by atoms with E-state index in [1.54, 1.807) is 18.2 Å². The number of nitrogens with zero attached hydrogens (tertiary/aromatic N) is 1. The van der Waals surface area contributed by atoms with Crippen LogP contribution in [-0.4, -0.2) is 36.9 Å². The Morgan fingerprint density at radius 2 is 1.95 bits per heavy atom. The number of nitrogens with two attached hydrogens (primary N) is 1. The van der Waals surface area contributed by atoms with Crippen LogP contribution < -0.4 is 10.5 Å². The number of ether oxygens (including phenoxy) is 1. The number of benzene rings is 1. The summed E-state index contributed by atoms with van der Waals surface area (Å²) in [5.41, 5.74) is 7.12. The quantitative estimate of drug-likeness (QED) is 0.557. The average molecular weight is 278 g/mol. The first kappa shape index (κ1) is 16.5. The zero-order chi connectivity index (χ0) is 15.0. The Bertz CT molecular complexity index is 428. The van der Waals surface area contributed by atoms with Gasteiger partial charge < -0.3 is 15.4 Å². The fraction of sp³-hybridized carbons (Fsp3) is 0.562. The molecular formula is C16H26N2O2. The van der Waals surface area contributed by atoms with Crippen molar-refractivity contribution in [3.8, 4) is 5.75 Å². The molecule has 1 rings (SSSR count). The average Bonchev–Trinajstić information content (AvgIpc) is 2.46. The number of rotatable bonds is 9. The normalized spacial score (nSPS) is 10.8. The molecule has 20 heavy (non-hydrogen) atoms. The summed E-state index contributed by atoms with van der Waals surface area (Å²) in [4.78, 5) is 14.4. The highest BCUT2D eigenvalue weighted by atomic mass is 16.5. The number of carbonyl (C=O) groups excluding carboxylic acids is 1. The van der Waals surface area contributed by atoms with E-state index in [0.29, 0.717) is 30.0 Å². The summed E-state index contributed by atoms with van der Waals surface area (Å²) in [5.74, 6) is 0.790. The first-order chi connectivity index (χ1) is 9.62. The molecule has 2 N–H and O–H groups in total. The molecule has 0 heterocycles. The zero-order valence-electron chi connectivity index (χ0n) is 12.8. The zero-order valence-corrected chi connectivity index (χ0v) is 12.8. The van der Waals surface area contributed by atoms with Crippen molar-refractivity contribution >= 4 is 11.5 Å². The van der Waals surface area contributed by atoms with Gasteiger partial charge in [-0.1, -0.05) is 20.8 Å². The maximum absolute atomic E-state index is 12.1. The van der Waals surface area contributed by atoms with Crippen molar-refractivity contribution in [2.45, 2.75) is 33.6 Å². The predicted molar refractivity (Wildman–Crippen MR) is 83.4 cm³/mol. The Kier molecular flexibility index (Phi) is 7.09. The van der Waals surface area contributed by atoms with Gasteiger partial charge in [-0.2, -0.15) is 0 Å². The molecule has 1 aromatic rings. The minimum atomic E-state index is 0.130. The van der Waals surface area contributed by atoms with Crippen LogP contribution in [0.1, 0.15) is 44.0 Å². The molecule has 0 atom stereocenters. The van der Waals surface area contributed by atoms with Gasteiger partial charge in [-0.15, -0.1) is 0 Å². The fourth-order valence-electron chi connectivity index (χ4n) is 2.01. The lowest BCUT2D eigenvalue weighted by Gasteiger charge is -2.17. The van der Waals surface area contributed by atoms with Gasteiger partial charge in [0.2, 0.25) is 0 Å². The molecule has 0 radical (unpaired) electrons. The summed E-state index contributed by atoms with van der Waals surface area (Å²) < 4.78 is 5.51. The minimum Gasteiger partial charge on any atom is -0.491 e. The van der Waals surface area contributed by atoms with E-state index in [4.69, 9.17) is 10.5 Å². The summed E-state index contributed by atoms with van der Waals surface area (Å²) >= 11 is 0. The molecule has 0 aliphatic carbocycles. The second-order valence-corrected chi connectivity index (χ2v) is 4.80. The Hall–Kier alpha value is -1.55. The van der Waals surface area contributed by atoms with E-state index in [-0.39, 0.29) is 5.78 Å². The maximum atomic E-state index is 12.1. The lowest BCUT2D eigenvalue weighted by molar-refractivity contribution is 0.0966. The van der Waals surface area contributed by atoms with Gasteiger partial charge in [-0.05, 0) is 37.7 Å². The smallest absolute Gasteiger partial charge is 0.164 e. The van der Waals surface area contributed by atoms with Crippen LogP contribution in [0.3, 0.4) is 0 Å². The number of Topliss-reactive ketones (excluding diaryl/α,β-unsaturated/α-hetero) is 1. The van der Waals surface area contributed by atoms with Crippen molar-refractivity contribution in [3.63, 3.8) is 0 Å². The SMILES string of the molecule is CCCOc1ccc(C(=O)CCN(CC)CC)cc1N. The Morgan fingerprint density at radius 3 is 2.50 bits per heavy atom. The Labute approximate surface area is 121 Å². The Morgan fingerprint density at radius 1 is 1.25 bits per heavy atom. The van der Waals surface area contributed by atoms with Crippen molar-refractivity contribution in [2.24, 2.45) is 0 Å². The summed E-state index contributed by atoms with van der Waals surface area (Å²) in [6.45, 7) is 9.61. The minimum absolute atomic E-state index is 0.130. The van der Waals surface area contributed by atoms with Crippen molar-refractivity contribution < 1.29 is 9.53 Å². The maximum Gasteiger partial charge on any atom is 0.164 e. The molecule has 0 saturated carbocycles. The summed E-state index contributed by atoms with van der Waals surface area (Å²) in [6.07, 6.45) is 1.46. The molecule has 0 fully saturated rings. The van der Waals surface area contributed by atoms with Gasteiger partial charge in [-0.3, -0.25) is 4.79 Å². The number of hydrogen-bond donors (Lipinski definition) is 1. The second kappa shape index (κ2) is 8.59. The van der Waals surface area contributed by atoms with Crippen LogP contribution in [0.5, 0.6) is 5.75 Å². The largest absolute Gasteiger partial charge is 0.491 e. The van der Waals surface area contributed by atoms with E-state index in [9.17, 15) is 4.79 Å². The lowest BCUT2D eigenvalue weighted by atomic mass is 10.1. The van der Waals surface area contributed by atoms with Crippen molar-refractivity contribution in [1.82, 2.24) is 4.90 Å². The van der Waals surface area contributed by atoms with E-state index in [1.165, 1.54) is 0 Å². The van der Waals surface area contributed by atoms with E-state index in [2.05, 4.69) is 18.7 Å². The molecule has 112 valence electrons. The van der Waals surface area contributed by atoms with Gasteiger partial charge >= 0.3 is 0 Å². The van der Waals surface area contributed by atoms with E-state index < -0.39 is 0 Å². The van der Waals surface area contributed by atoms with Gasteiger partial charge in [0.05, 0.1) is 12.3 Å². The van der Waals surface area contributed by atoms with Gasteiger partial charge in [0.25, 0.3) is 0 Å². The van der Waals surface area contributed by atoms with Gasteiger partial charge in [0, 0.05) is 18.5 Å². The van der Waals surface area contributed by atoms with Gasteiger partial charge in [0.1, 0.15) is 5.75 Å². The van der Waals surface area contributed by atoms with E-state index in [0.717, 1.165) is 26.1 Å². The van der Waals surface area contributed by atoms with Crippen molar-refractivity contribution in [3.05, 3.63) is 23.8 Å². The highest BCUT2D eigenvalue weighted by molar-refractivity contribution is 5.97. The monoisotopic (exact) mass is 278 g/mol. The van der Waals surface area contributed by atoms with Crippen LogP contribution in [0.2, 0.25) is 0 Å². The molecule has 0 amide bonds. The molecule has 0 aliphatic heterocycles. The fourth-order valence-corrected chi connectivity index (χ4v) is 2.01. The third kappa shape index (κ3) is 4.85. The molecule has 0 unspecified atom stereocenters. The van der Waals surface area contributed by atoms with Crippen LogP contribution in [0, 0.1) is 0 Å². The first-order valence-electron chi connectivity index (χ1n) is 7.40. The molecule has 0 aromatic heterocycles. The van der Waals surface area contributed by atoms with Crippen LogP contribution in [0.4, 0.5) is 5.69 Å². The number of carbonyl (C=O) groups is 1. The highest BCUT2D eigenvalue weighted by Gasteiger charge is 2.10. The summed E-state index contributed by atoms with van der Waals surface area (Å²) in [7, 11) is 0. The van der Waals surface area contributed by atoms with Crippen LogP contribution in [0.15, 0.2) is 18.2 Å². The Balaban J connectivity index is 2.62. The molecule has 0 saturated heterocycles. The van der Waals surface area contributed by atoms with Crippen LogP contribution in [0.25, 0.3) is 0 Å². The van der Waals surface area contributed by atoms with Gasteiger partial charge in [-0.25, -0.2) is 0 Å². The van der Waals surface area contributed by atoms with Crippen LogP contribution in [-0.2, 0) is 0 Å². The van der Waals surface area contributed by atoms with Crippen molar-refractivity contribution in [1.29, 1.82) is 0 Å². The number of hydrogen-bond acceptors (Lipinski definition) is 4. The highest BCUT2D eigenvalue weighted by Crippen LogP contribution is 2.23. The standard InChI is InChI=1S/C16H26N2O2/c1-4-11-20-16-8-7-13(12-14(16)17)15(19)9-10-18(5-2)6-3/h7-8,12H,4-6,9-11,17H2,1-3H3. The summed E-state index contributed by atoms with van der Waals surface area (Å²) in [6, 6.07) is 5.30. The second-order valence-electron chi connectivity index (χ2n) is 4.80. The number of ketones is 1. The number of nitrogen functional groups attached to an aromatic ring is 1. The molecule has 0 aliphatic rings. The molecule has 4 nitrogen and oxygen atoms in total. The summed E-state index contributed by atoms with van der Waals surface area (Å²) in [5, 5.41) is 0. The van der Waals surface area contributed by atoms with E-state index in [1.807, 2.05) is 6.92 Å². The number of anilines is 1. The van der Waals surface area contributed by atoms with Gasteiger partial charge in [0.15, 0.2) is 5.78 Å². The third-order valence-electron chi connectivity index (χ3n) is 3.34.